The van der Waals surface area contributed by atoms with E-state index in [0.29, 0.717) is 25.0 Å². The van der Waals surface area contributed by atoms with Crippen molar-refractivity contribution in [2.24, 2.45) is 11.1 Å². The van der Waals surface area contributed by atoms with Crippen LogP contribution in [0.1, 0.15) is 53.0 Å². The van der Waals surface area contributed by atoms with Crippen LogP contribution in [0.3, 0.4) is 0 Å². The van der Waals surface area contributed by atoms with Crippen LogP contribution in [0.5, 0.6) is 0 Å². The number of nitrogens with two attached hydrogens (primary N) is 2. The molecule has 2 aromatic rings. The first-order valence-corrected chi connectivity index (χ1v) is 8.74. The highest BCUT2D eigenvalue weighted by molar-refractivity contribution is 5.98. The van der Waals surface area contributed by atoms with Crippen molar-refractivity contribution >= 4 is 11.7 Å². The van der Waals surface area contributed by atoms with Gasteiger partial charge in [-0.05, 0) is 36.0 Å². The molecule has 1 fully saturated rings. The molecule has 5 nitrogen and oxygen atoms in total. The Bertz CT molecular complexity index is 990. The van der Waals surface area contributed by atoms with Crippen molar-refractivity contribution in [1.82, 2.24) is 9.78 Å². The zero-order valence-electron chi connectivity index (χ0n) is 15.5. The van der Waals surface area contributed by atoms with Gasteiger partial charge in [-0.1, -0.05) is 13.0 Å². The van der Waals surface area contributed by atoms with Gasteiger partial charge >= 0.3 is 12.4 Å². The highest BCUT2D eigenvalue weighted by atomic mass is 19.4. The molecule has 1 unspecified atom stereocenters. The number of rotatable bonds is 5. The minimum Gasteiger partial charge on any atom is -0.383 e. The number of benzene rings is 1. The lowest BCUT2D eigenvalue weighted by molar-refractivity contribution is -0.140. The first kappa shape index (κ1) is 21.9. The molecule has 0 aliphatic heterocycles. The topological polar surface area (TPSA) is 86.9 Å². The fourth-order valence-corrected chi connectivity index (χ4v) is 3.52. The first-order valence-electron chi connectivity index (χ1n) is 8.74. The molecule has 1 amide bonds. The molecule has 3 rings (SSSR count). The number of anilines is 1. The Kier molecular flexibility index (Phi) is 5.02. The molecule has 12 heteroatoms. The number of hydrogen-bond donors (Lipinski definition) is 2. The molecule has 0 bridgehead atoms. The van der Waals surface area contributed by atoms with Crippen LogP contribution in [0.25, 0.3) is 0 Å². The number of nitrogen functional groups attached to an aromatic ring is 1. The van der Waals surface area contributed by atoms with Crippen molar-refractivity contribution in [2.45, 2.75) is 44.6 Å². The second kappa shape index (κ2) is 6.88. The van der Waals surface area contributed by atoms with Crippen molar-refractivity contribution < 1.29 is 35.5 Å². The molecule has 1 aliphatic carbocycles. The summed E-state index contributed by atoms with van der Waals surface area (Å²) >= 11 is 0. The second-order valence-electron chi connectivity index (χ2n) is 7.60. The number of halogens is 7. The zero-order valence-corrected chi connectivity index (χ0v) is 15.5. The quantitative estimate of drug-likeness (QED) is 0.686. The van der Waals surface area contributed by atoms with E-state index >= 15 is 0 Å². The van der Waals surface area contributed by atoms with Gasteiger partial charge in [0.05, 0.1) is 23.7 Å². The molecule has 1 atom stereocenters. The lowest BCUT2D eigenvalue weighted by Gasteiger charge is -2.26. The number of aromatic nitrogens is 2. The fraction of sp³-hybridized carbons (Fsp3) is 0.444. The van der Waals surface area contributed by atoms with Gasteiger partial charge in [0, 0.05) is 0 Å². The Hall–Kier alpha value is -2.79. The summed E-state index contributed by atoms with van der Waals surface area (Å²) in [4.78, 5) is 11.7. The lowest BCUT2D eigenvalue weighted by Crippen LogP contribution is -2.24. The molecular formula is C18H17F7N4O. The van der Waals surface area contributed by atoms with Crippen LogP contribution in [-0.4, -0.2) is 21.9 Å². The molecule has 1 heterocycles. The van der Waals surface area contributed by atoms with Gasteiger partial charge in [-0.3, -0.25) is 4.79 Å². The van der Waals surface area contributed by atoms with E-state index in [1.165, 1.54) is 0 Å². The van der Waals surface area contributed by atoms with E-state index in [-0.39, 0.29) is 5.56 Å². The third-order valence-electron chi connectivity index (χ3n) is 5.19. The highest BCUT2D eigenvalue weighted by Gasteiger charge is 2.49. The molecule has 4 N–H and O–H groups in total. The maximum absolute atomic E-state index is 14.2. The van der Waals surface area contributed by atoms with E-state index in [2.05, 4.69) is 5.10 Å². The smallest absolute Gasteiger partial charge is 0.383 e. The van der Waals surface area contributed by atoms with Crippen molar-refractivity contribution in [3.05, 3.63) is 46.4 Å². The Balaban J connectivity index is 2.16. The van der Waals surface area contributed by atoms with Crippen molar-refractivity contribution in [2.75, 3.05) is 5.73 Å². The third kappa shape index (κ3) is 4.08. The molecule has 1 aromatic carbocycles. The predicted molar refractivity (Wildman–Crippen MR) is 91.8 cm³/mol. The van der Waals surface area contributed by atoms with E-state index in [4.69, 9.17) is 11.5 Å². The van der Waals surface area contributed by atoms with Gasteiger partial charge in [-0.2, -0.15) is 31.4 Å². The minimum atomic E-state index is -4.91. The van der Waals surface area contributed by atoms with Crippen molar-refractivity contribution in [1.29, 1.82) is 0 Å². The molecular weight excluding hydrogens is 421 g/mol. The number of primary amides is 1. The second-order valence-corrected chi connectivity index (χ2v) is 7.60. The van der Waals surface area contributed by atoms with Gasteiger partial charge in [0.1, 0.15) is 17.2 Å². The maximum Gasteiger partial charge on any atom is 0.419 e. The largest absolute Gasteiger partial charge is 0.419 e. The van der Waals surface area contributed by atoms with Gasteiger partial charge in [-0.15, -0.1) is 0 Å². The molecule has 1 aromatic heterocycles. The van der Waals surface area contributed by atoms with Gasteiger partial charge < -0.3 is 11.5 Å². The minimum absolute atomic E-state index is 0.0317. The van der Waals surface area contributed by atoms with Crippen molar-refractivity contribution in [3.8, 4) is 0 Å². The maximum atomic E-state index is 14.2. The molecule has 164 valence electrons. The van der Waals surface area contributed by atoms with E-state index < -0.39 is 64.6 Å². The Morgan fingerprint density at radius 1 is 1.23 bits per heavy atom. The Morgan fingerprint density at radius 2 is 1.83 bits per heavy atom. The van der Waals surface area contributed by atoms with E-state index in [1.54, 1.807) is 6.92 Å². The fourth-order valence-electron chi connectivity index (χ4n) is 3.52. The zero-order chi connectivity index (χ0) is 22.6. The number of hydrogen-bond acceptors (Lipinski definition) is 3. The summed E-state index contributed by atoms with van der Waals surface area (Å²) in [6.45, 7) is 1.71. The first-order chi connectivity index (χ1) is 13.6. The normalized spacial score (nSPS) is 17.1. The summed E-state index contributed by atoms with van der Waals surface area (Å²) in [5.74, 6) is -3.22. The van der Waals surface area contributed by atoms with Crippen LogP contribution in [-0.2, 0) is 12.6 Å². The van der Waals surface area contributed by atoms with E-state index in [1.807, 2.05) is 0 Å². The summed E-state index contributed by atoms with van der Waals surface area (Å²) in [6.07, 6.45) is -10.1. The Morgan fingerprint density at radius 3 is 2.27 bits per heavy atom. The summed E-state index contributed by atoms with van der Waals surface area (Å²) < 4.78 is 92.5. The summed E-state index contributed by atoms with van der Waals surface area (Å²) in [5, 5.41) is 3.83. The predicted octanol–water partition coefficient (Wildman–Crippen LogP) is 4.22. The van der Waals surface area contributed by atoms with Crippen LogP contribution in [0.4, 0.5) is 36.6 Å². The van der Waals surface area contributed by atoms with Gasteiger partial charge in [0.25, 0.3) is 5.91 Å². The number of carbonyl (C=O) groups excluding carboxylic acids is 1. The molecule has 1 saturated carbocycles. The number of nitrogens with zero attached hydrogens (tertiary/aromatic N) is 2. The monoisotopic (exact) mass is 438 g/mol. The molecule has 0 saturated heterocycles. The molecule has 0 spiro atoms. The average molecular weight is 438 g/mol. The van der Waals surface area contributed by atoms with E-state index in [9.17, 15) is 35.5 Å². The number of amides is 1. The Labute approximate surface area is 165 Å². The lowest BCUT2D eigenvalue weighted by atomic mass is 9.91. The number of alkyl halides is 6. The standard InChI is InChI=1S/C18H17F7N4O/c1-16(4-5-16)13(8-2-3-9(10(19)6-8)18(23,24)25)29-14(26)12(15(27)30)11(28-29)7-17(20,21)22/h2-3,6,13H,4-5,7,26H2,1H3,(H2,27,30). The van der Waals surface area contributed by atoms with Gasteiger partial charge in [0.2, 0.25) is 0 Å². The third-order valence-corrected chi connectivity index (χ3v) is 5.19. The number of carbonyl (C=O) groups is 1. The van der Waals surface area contributed by atoms with Crippen LogP contribution >= 0.6 is 0 Å². The summed E-state index contributed by atoms with van der Waals surface area (Å²) in [7, 11) is 0. The summed E-state index contributed by atoms with van der Waals surface area (Å²) in [6, 6.07) is 1.24. The SMILES string of the molecule is CC1(C(c2ccc(C(F)(F)F)c(F)c2)n2nc(CC(F)(F)F)c(C(N)=O)c2N)CC1. The van der Waals surface area contributed by atoms with Crippen LogP contribution in [0, 0.1) is 11.2 Å². The molecule has 1 aliphatic rings. The summed E-state index contributed by atoms with van der Waals surface area (Å²) in [5.41, 5.74) is 7.64. The van der Waals surface area contributed by atoms with Gasteiger partial charge in [-0.25, -0.2) is 9.07 Å². The highest BCUT2D eigenvalue weighted by Crippen LogP contribution is 2.57. The van der Waals surface area contributed by atoms with E-state index in [0.717, 1.165) is 10.7 Å². The average Bonchev–Trinajstić information content (AvgIpc) is 3.21. The van der Waals surface area contributed by atoms with Crippen LogP contribution < -0.4 is 11.5 Å². The van der Waals surface area contributed by atoms with Crippen LogP contribution in [0.2, 0.25) is 0 Å². The molecule has 0 radical (unpaired) electrons. The van der Waals surface area contributed by atoms with Crippen molar-refractivity contribution in [3.63, 3.8) is 0 Å². The van der Waals surface area contributed by atoms with Gasteiger partial charge in [0.15, 0.2) is 0 Å². The molecule has 30 heavy (non-hydrogen) atoms. The van der Waals surface area contributed by atoms with Crippen LogP contribution in [0.15, 0.2) is 18.2 Å².